The summed E-state index contributed by atoms with van der Waals surface area (Å²) in [7, 11) is 3.98. The molecule has 11 aliphatic rings. The Morgan fingerprint density at radius 2 is 0.937 bits per heavy atom. The van der Waals surface area contributed by atoms with E-state index in [1.54, 1.807) is 0 Å². The fraction of sp³-hybridized carbons (Fsp3) is 0.544. The van der Waals surface area contributed by atoms with Gasteiger partial charge >= 0.3 is 0 Å². The average Bonchev–Trinajstić information content (AvgIpc) is 4.12. The summed E-state index contributed by atoms with van der Waals surface area (Å²) in [5, 5.41) is 2.22. The van der Waals surface area contributed by atoms with Crippen molar-refractivity contribution < 1.29 is 19.1 Å². The van der Waals surface area contributed by atoms with E-state index in [0.29, 0.717) is 57.8 Å². The van der Waals surface area contributed by atoms with Gasteiger partial charge < -0.3 is 9.47 Å². The number of carbonyl (C=O) groups excluding carboxylic acids is 2. The number of methoxy groups -OCH3 is 2. The molecule has 18 unspecified atom stereocenters. The largest absolute Gasteiger partial charge is 0.384 e. The molecule has 0 aromatic heterocycles. The van der Waals surface area contributed by atoms with Gasteiger partial charge in [-0.1, -0.05) is 60.7 Å². The van der Waals surface area contributed by atoms with E-state index in [1.165, 1.54) is 46.2 Å². The normalized spacial score (nSPS) is 46.3. The van der Waals surface area contributed by atoms with Crippen LogP contribution in [-0.2, 0) is 9.47 Å². The second-order valence-corrected chi connectivity index (χ2v) is 23.7. The lowest BCUT2D eigenvalue weighted by molar-refractivity contribution is -0.417. The highest BCUT2D eigenvalue weighted by Crippen LogP contribution is 2.97. The zero-order valence-electron chi connectivity index (χ0n) is 36.8. The van der Waals surface area contributed by atoms with Crippen LogP contribution in [0.25, 0.3) is 33.0 Å². The van der Waals surface area contributed by atoms with Gasteiger partial charge in [-0.25, -0.2) is 0 Å². The van der Waals surface area contributed by atoms with Crippen LogP contribution in [-0.4, -0.2) is 50.5 Å². The number of carbonyl (C=O) groups is 2. The lowest BCUT2D eigenvalue weighted by Gasteiger charge is -2.87. The first-order valence-electron chi connectivity index (χ1n) is 24.5. The third-order valence-corrected chi connectivity index (χ3v) is 23.3. The molecule has 0 amide bonds. The first-order chi connectivity index (χ1) is 30.8. The molecule has 4 aromatic rings. The molecule has 6 heteroatoms. The molecule has 9 fully saturated rings. The van der Waals surface area contributed by atoms with Gasteiger partial charge in [-0.2, -0.15) is 25.3 Å². The summed E-state index contributed by atoms with van der Waals surface area (Å²) in [4.78, 5) is 28.3. The fourth-order valence-corrected chi connectivity index (χ4v) is 22.6. The molecule has 4 nitrogen and oxygen atoms in total. The third-order valence-electron chi connectivity index (χ3n) is 22.4. The summed E-state index contributed by atoms with van der Waals surface area (Å²) in [6, 6.07) is 26.3. The summed E-state index contributed by atoms with van der Waals surface area (Å²) in [6.07, 6.45) is 4.09. The zero-order valence-corrected chi connectivity index (χ0v) is 38.6. The number of thiol groups is 2. The first kappa shape index (κ1) is 38.0. The summed E-state index contributed by atoms with van der Waals surface area (Å²) < 4.78 is 13.2. The minimum absolute atomic E-state index is 0.0203. The van der Waals surface area contributed by atoms with Gasteiger partial charge in [-0.3, -0.25) is 9.59 Å². The number of fused-ring (bicyclic) bond motifs is 33. The quantitative estimate of drug-likeness (QED) is 0.105. The fourth-order valence-electron chi connectivity index (χ4n) is 21.6. The predicted molar refractivity (Wildman–Crippen MR) is 253 cm³/mol. The summed E-state index contributed by atoms with van der Waals surface area (Å²) in [5.41, 5.74) is 10.5. The van der Waals surface area contributed by atoms with E-state index in [4.69, 9.17) is 34.7 Å². The van der Waals surface area contributed by atoms with Crippen molar-refractivity contribution >= 4 is 47.6 Å². The maximum Gasteiger partial charge on any atom is 0.189 e. The number of ketones is 2. The second-order valence-electron chi connectivity index (χ2n) is 22.9. The maximum absolute atomic E-state index is 14.2. The first-order valence-corrected chi connectivity index (χ1v) is 25.8. The van der Waals surface area contributed by atoms with E-state index in [9.17, 15) is 9.59 Å². The Kier molecular flexibility index (Phi) is 7.50. The van der Waals surface area contributed by atoms with Crippen LogP contribution >= 0.6 is 25.3 Å². The lowest BCUT2D eigenvalue weighted by atomic mass is 9.17. The minimum atomic E-state index is -0.0203. The van der Waals surface area contributed by atoms with Gasteiger partial charge in [0.05, 0.1) is 13.2 Å². The number of Topliss-reactive ketones (excluding diaryl/α,β-unsaturated/α-hetero) is 2. The molecule has 322 valence electrons. The van der Waals surface area contributed by atoms with E-state index in [-0.39, 0.29) is 22.4 Å². The van der Waals surface area contributed by atoms with Crippen LogP contribution in [0.3, 0.4) is 0 Å². The van der Waals surface area contributed by atoms with Gasteiger partial charge in [-0.15, -0.1) is 0 Å². The topological polar surface area (TPSA) is 52.6 Å². The van der Waals surface area contributed by atoms with E-state index in [0.717, 1.165) is 113 Å². The van der Waals surface area contributed by atoms with Gasteiger partial charge in [0, 0.05) is 47.3 Å². The van der Waals surface area contributed by atoms with Gasteiger partial charge in [-0.05, 0) is 207 Å². The molecule has 0 saturated heterocycles. The molecule has 0 N–H and O–H groups in total. The predicted octanol–water partition coefficient (Wildman–Crippen LogP) is 11.3. The monoisotopic (exact) mass is 870 g/mol. The van der Waals surface area contributed by atoms with Crippen LogP contribution in [0, 0.1) is 106 Å². The molecule has 15 rings (SSSR count). The Labute approximate surface area is 382 Å². The molecular formula is C57H58O4S2. The Bertz CT molecular complexity index is 2600. The molecule has 0 spiro atoms. The maximum atomic E-state index is 14.2. The van der Waals surface area contributed by atoms with Crippen molar-refractivity contribution in [2.75, 3.05) is 38.9 Å². The Balaban J connectivity index is 0.935. The number of allylic oxidation sites excluding steroid dienone is 2. The van der Waals surface area contributed by atoms with E-state index in [1.807, 2.05) is 28.1 Å². The van der Waals surface area contributed by atoms with Crippen LogP contribution in [0.4, 0.5) is 0 Å². The molecular weight excluding hydrogens is 813 g/mol. The number of hydrogen-bond donors (Lipinski definition) is 2. The van der Waals surface area contributed by atoms with Crippen LogP contribution in [0.1, 0.15) is 76.8 Å². The van der Waals surface area contributed by atoms with E-state index >= 15 is 0 Å². The Morgan fingerprint density at radius 3 is 1.33 bits per heavy atom. The van der Waals surface area contributed by atoms with Crippen molar-refractivity contribution in [3.63, 3.8) is 0 Å². The molecule has 6 bridgehead atoms. The van der Waals surface area contributed by atoms with Crippen molar-refractivity contribution in [3.05, 3.63) is 106 Å². The molecule has 11 aliphatic carbocycles. The van der Waals surface area contributed by atoms with E-state index < -0.39 is 0 Å². The van der Waals surface area contributed by atoms with Crippen molar-refractivity contribution in [2.45, 2.75) is 44.9 Å². The minimum Gasteiger partial charge on any atom is -0.384 e. The van der Waals surface area contributed by atoms with Gasteiger partial charge in [0.25, 0.3) is 0 Å². The van der Waals surface area contributed by atoms with Gasteiger partial charge in [0.15, 0.2) is 11.6 Å². The molecule has 20 atom stereocenters. The SMILES string of the molecule is COCC12C3C4CC(c5c4c(-c4ccccc4)c4cc6c(cc4c5-c4ccccc4)C(=O)C(C)=C(C)C6=O)C3C1(COC)C1C3CC(C4C5C6CC(C5C34)C3C6[C@@H](CS)[C@@H]3CS)C12. The molecule has 0 aliphatic heterocycles. The van der Waals surface area contributed by atoms with Crippen molar-refractivity contribution in [3.8, 4) is 22.3 Å². The molecule has 4 aromatic carbocycles. The zero-order chi connectivity index (χ0) is 42.3. The number of hydrogen-bond acceptors (Lipinski definition) is 6. The highest BCUT2D eigenvalue weighted by Gasteiger charge is 2.95. The van der Waals surface area contributed by atoms with Crippen LogP contribution in [0.15, 0.2) is 83.9 Å². The number of rotatable bonds is 8. The Hall–Kier alpha value is -3.16. The van der Waals surface area contributed by atoms with Crippen LogP contribution in [0.2, 0.25) is 0 Å². The summed E-state index contributed by atoms with van der Waals surface area (Å²) in [6.45, 7) is 5.32. The van der Waals surface area contributed by atoms with Crippen LogP contribution < -0.4 is 0 Å². The molecule has 9 saturated carbocycles. The van der Waals surface area contributed by atoms with Gasteiger partial charge in [0.2, 0.25) is 0 Å². The van der Waals surface area contributed by atoms with E-state index in [2.05, 4.69) is 72.8 Å². The standard InChI is InChI=1S/C57H58O4S2/c1-24-25(2)55(59)31-16-29-28(15-30(31)54(24)58)40(26-11-7-5-8-12-26)46-34-18-35(47(46)41(29)27-13-9-6-10-14-27)51-50(34)56(22-60-3)52-36-19-37(53(52)57(51,56)23-61-4)49-45-33-17-32(44(45)48(36)49)42-38(20-62)39(21-63)43(33)42/h5-16,32-39,42-45,48-53,62-63H,17-23H2,1-4H3/t32?,33?,34?,35?,36?,37?,38-,39-,42?,43?,44?,45?,48?,49?,50?,51?,52?,53?,56?,57?/m0/s1. The highest BCUT2D eigenvalue weighted by atomic mass is 32.1. The van der Waals surface area contributed by atoms with Crippen molar-refractivity contribution in [1.82, 2.24) is 0 Å². The second kappa shape index (κ2) is 12.4. The van der Waals surface area contributed by atoms with Crippen molar-refractivity contribution in [2.24, 2.45) is 106 Å². The summed E-state index contributed by atoms with van der Waals surface area (Å²) >= 11 is 9.90. The molecule has 0 radical (unpaired) electrons. The van der Waals surface area contributed by atoms with Crippen molar-refractivity contribution in [1.29, 1.82) is 0 Å². The average molecular weight is 871 g/mol. The lowest BCUT2D eigenvalue weighted by Crippen LogP contribution is -2.86. The number of benzene rings is 4. The van der Waals surface area contributed by atoms with Gasteiger partial charge in [0.1, 0.15) is 0 Å². The Morgan fingerprint density at radius 1 is 0.540 bits per heavy atom. The van der Waals surface area contributed by atoms with Crippen LogP contribution in [0.5, 0.6) is 0 Å². The summed E-state index contributed by atoms with van der Waals surface area (Å²) in [5.74, 6) is 15.9. The highest BCUT2D eigenvalue weighted by molar-refractivity contribution is 7.80. The third kappa shape index (κ3) is 3.86. The molecule has 0 heterocycles. The smallest absolute Gasteiger partial charge is 0.189 e. The number of ether oxygens (including phenoxy) is 2. The molecule has 63 heavy (non-hydrogen) atoms.